The number of rotatable bonds is 7. The highest BCUT2D eigenvalue weighted by Gasteiger charge is 2.12. The van der Waals surface area contributed by atoms with Crippen LogP contribution in [0.4, 0.5) is 0 Å². The number of nitrogens with zero attached hydrogens (tertiary/aromatic N) is 1. The van der Waals surface area contributed by atoms with Crippen LogP contribution in [-0.4, -0.2) is 13.2 Å². The molecule has 0 aliphatic heterocycles. The molecule has 3 nitrogen and oxygen atoms in total. The molecule has 0 saturated heterocycles. The Morgan fingerprint density at radius 1 is 1.24 bits per heavy atom. The fourth-order valence-electron chi connectivity index (χ4n) is 2.30. The summed E-state index contributed by atoms with van der Waals surface area (Å²) in [5.41, 5.74) is 3.33. The van der Waals surface area contributed by atoms with Gasteiger partial charge in [0, 0.05) is 0 Å². The maximum absolute atomic E-state index is 9.50. The maximum Gasteiger partial charge on any atom is 0.180 e. The molecule has 0 spiro atoms. The third-order valence-electron chi connectivity index (χ3n) is 3.47. The Balaban J connectivity index is 2.45. The lowest BCUT2D eigenvalue weighted by atomic mass is 10.0. The minimum absolute atomic E-state index is 0.335. The third kappa shape index (κ3) is 4.89. The van der Waals surface area contributed by atoms with Crippen molar-refractivity contribution in [2.45, 2.75) is 13.8 Å². The molecule has 4 heteroatoms. The van der Waals surface area contributed by atoms with Crippen LogP contribution < -0.4 is 9.47 Å². The number of hydrogen-bond donors (Lipinski definition) is 0. The van der Waals surface area contributed by atoms with Crippen LogP contribution in [0.25, 0.3) is 11.6 Å². The van der Waals surface area contributed by atoms with Gasteiger partial charge in [-0.05, 0) is 43.2 Å². The SMILES string of the molecule is C=CCOc1c(Cl)cc(/C=C(\C#N)c2ccc(C)cc2)cc1OCC. The van der Waals surface area contributed by atoms with Crippen LogP contribution in [0.3, 0.4) is 0 Å². The number of hydrogen-bond acceptors (Lipinski definition) is 3. The van der Waals surface area contributed by atoms with Crippen molar-refractivity contribution in [1.82, 2.24) is 0 Å². The summed E-state index contributed by atoms with van der Waals surface area (Å²) in [7, 11) is 0. The monoisotopic (exact) mass is 353 g/mol. The summed E-state index contributed by atoms with van der Waals surface area (Å²) in [6.45, 7) is 8.35. The Morgan fingerprint density at radius 3 is 2.56 bits per heavy atom. The molecule has 128 valence electrons. The molecule has 0 amide bonds. The Kier molecular flexibility index (Phi) is 6.68. The Hall–Kier alpha value is -2.70. The summed E-state index contributed by atoms with van der Waals surface area (Å²) >= 11 is 6.35. The lowest BCUT2D eigenvalue weighted by molar-refractivity contribution is 0.297. The van der Waals surface area contributed by atoms with Crippen molar-refractivity contribution < 1.29 is 9.47 Å². The van der Waals surface area contributed by atoms with E-state index in [-0.39, 0.29) is 0 Å². The Morgan fingerprint density at radius 2 is 1.96 bits per heavy atom. The number of nitriles is 1. The van der Waals surface area contributed by atoms with Crippen LogP contribution in [0.1, 0.15) is 23.6 Å². The van der Waals surface area contributed by atoms with E-state index in [0.29, 0.717) is 35.3 Å². The van der Waals surface area contributed by atoms with Crippen LogP contribution in [0.2, 0.25) is 5.02 Å². The van der Waals surface area contributed by atoms with Gasteiger partial charge in [-0.1, -0.05) is 54.1 Å². The molecular weight excluding hydrogens is 334 g/mol. The minimum atomic E-state index is 0.335. The molecule has 0 aliphatic rings. The summed E-state index contributed by atoms with van der Waals surface area (Å²) in [5, 5.41) is 9.94. The highest BCUT2D eigenvalue weighted by molar-refractivity contribution is 6.32. The first kappa shape index (κ1) is 18.6. The molecule has 0 atom stereocenters. The Bertz CT molecular complexity index is 817. The molecule has 0 bridgehead atoms. The first-order chi connectivity index (χ1) is 12.1. The summed E-state index contributed by atoms with van der Waals surface area (Å²) in [4.78, 5) is 0. The van der Waals surface area contributed by atoms with E-state index in [2.05, 4.69) is 12.6 Å². The standard InChI is InChI=1S/C21H20ClNO2/c1-4-10-25-21-19(22)12-16(13-20(21)24-5-2)11-18(14-23)17-8-6-15(3)7-9-17/h4,6-9,11-13H,1,5,10H2,2-3H3/b18-11+. The fourth-order valence-corrected chi connectivity index (χ4v) is 2.57. The molecule has 0 saturated carbocycles. The second-order valence-electron chi connectivity index (χ2n) is 5.40. The molecule has 2 aromatic carbocycles. The van der Waals surface area contributed by atoms with Gasteiger partial charge in [-0.15, -0.1) is 0 Å². The van der Waals surface area contributed by atoms with Gasteiger partial charge in [-0.25, -0.2) is 0 Å². The second kappa shape index (κ2) is 8.96. The van der Waals surface area contributed by atoms with E-state index in [1.165, 1.54) is 0 Å². The van der Waals surface area contributed by atoms with Crippen LogP contribution in [0.15, 0.2) is 49.1 Å². The molecule has 0 radical (unpaired) electrons. The van der Waals surface area contributed by atoms with Crippen LogP contribution in [-0.2, 0) is 0 Å². The first-order valence-electron chi connectivity index (χ1n) is 7.98. The lowest BCUT2D eigenvalue weighted by Crippen LogP contribution is -2.00. The first-order valence-corrected chi connectivity index (χ1v) is 8.35. The number of benzene rings is 2. The van der Waals surface area contributed by atoms with Gasteiger partial charge in [0.05, 0.1) is 23.3 Å². The van der Waals surface area contributed by atoms with E-state index in [1.807, 2.05) is 44.2 Å². The molecule has 0 aromatic heterocycles. The zero-order valence-corrected chi connectivity index (χ0v) is 15.1. The topological polar surface area (TPSA) is 42.2 Å². The smallest absolute Gasteiger partial charge is 0.180 e. The van der Waals surface area contributed by atoms with Crippen molar-refractivity contribution >= 4 is 23.3 Å². The largest absolute Gasteiger partial charge is 0.490 e. The molecule has 0 fully saturated rings. The molecule has 25 heavy (non-hydrogen) atoms. The average Bonchev–Trinajstić information content (AvgIpc) is 2.60. The van der Waals surface area contributed by atoms with Crippen molar-refractivity contribution in [3.63, 3.8) is 0 Å². The van der Waals surface area contributed by atoms with Crippen LogP contribution in [0.5, 0.6) is 11.5 Å². The van der Waals surface area contributed by atoms with E-state index in [4.69, 9.17) is 21.1 Å². The lowest BCUT2D eigenvalue weighted by Gasteiger charge is -2.13. The highest BCUT2D eigenvalue weighted by Crippen LogP contribution is 2.37. The van der Waals surface area contributed by atoms with Gasteiger partial charge in [0.2, 0.25) is 0 Å². The van der Waals surface area contributed by atoms with Crippen LogP contribution in [0, 0.1) is 18.3 Å². The van der Waals surface area contributed by atoms with E-state index in [0.717, 1.165) is 16.7 Å². The quantitative estimate of drug-likeness (QED) is 0.365. The summed E-state index contributed by atoms with van der Waals surface area (Å²) in [6, 6.07) is 13.6. The normalized spacial score (nSPS) is 10.9. The van der Waals surface area contributed by atoms with Gasteiger partial charge in [0.15, 0.2) is 11.5 Å². The van der Waals surface area contributed by atoms with E-state index >= 15 is 0 Å². The van der Waals surface area contributed by atoms with Gasteiger partial charge < -0.3 is 9.47 Å². The highest BCUT2D eigenvalue weighted by atomic mass is 35.5. The van der Waals surface area contributed by atoms with E-state index < -0.39 is 0 Å². The number of halogens is 1. The molecule has 2 aromatic rings. The van der Waals surface area contributed by atoms with Crippen molar-refractivity contribution in [2.24, 2.45) is 0 Å². The van der Waals surface area contributed by atoms with Crippen molar-refractivity contribution in [3.8, 4) is 17.6 Å². The summed E-state index contributed by atoms with van der Waals surface area (Å²) in [6.07, 6.45) is 3.43. The molecule has 0 N–H and O–H groups in total. The third-order valence-corrected chi connectivity index (χ3v) is 3.75. The number of allylic oxidation sites excluding steroid dienone is 1. The van der Waals surface area contributed by atoms with Crippen molar-refractivity contribution in [3.05, 3.63) is 70.8 Å². The predicted octanol–water partition coefficient (Wildman–Crippen LogP) is 5.68. The number of ether oxygens (including phenoxy) is 2. The molecule has 0 heterocycles. The van der Waals surface area contributed by atoms with Gasteiger partial charge >= 0.3 is 0 Å². The summed E-state index contributed by atoms with van der Waals surface area (Å²) < 4.78 is 11.2. The second-order valence-corrected chi connectivity index (χ2v) is 5.81. The Labute approximate surface area is 153 Å². The fraction of sp³-hybridized carbons (Fsp3) is 0.190. The molecule has 0 aliphatic carbocycles. The molecule has 2 rings (SSSR count). The molecular formula is C21H20ClNO2. The minimum Gasteiger partial charge on any atom is -0.490 e. The number of aryl methyl sites for hydroxylation is 1. The summed E-state index contributed by atoms with van der Waals surface area (Å²) in [5.74, 6) is 1.03. The maximum atomic E-state index is 9.50. The van der Waals surface area contributed by atoms with Gasteiger partial charge in [0.1, 0.15) is 6.61 Å². The van der Waals surface area contributed by atoms with Gasteiger partial charge in [0.25, 0.3) is 0 Å². The zero-order valence-electron chi connectivity index (χ0n) is 14.4. The molecule has 0 unspecified atom stereocenters. The van der Waals surface area contributed by atoms with Crippen LogP contribution >= 0.6 is 11.6 Å². The average molecular weight is 354 g/mol. The van der Waals surface area contributed by atoms with Gasteiger partial charge in [-0.3, -0.25) is 0 Å². The predicted molar refractivity (Wildman–Crippen MR) is 103 cm³/mol. The zero-order chi connectivity index (χ0) is 18.2. The van der Waals surface area contributed by atoms with E-state index in [9.17, 15) is 5.26 Å². The van der Waals surface area contributed by atoms with E-state index in [1.54, 1.807) is 18.2 Å². The van der Waals surface area contributed by atoms with Crippen molar-refractivity contribution in [1.29, 1.82) is 5.26 Å². The van der Waals surface area contributed by atoms with Gasteiger partial charge in [-0.2, -0.15) is 5.26 Å². The van der Waals surface area contributed by atoms with Crippen molar-refractivity contribution in [2.75, 3.05) is 13.2 Å².